The average Bonchev–Trinajstić information content (AvgIpc) is 2.74. The van der Waals surface area contributed by atoms with Crippen molar-refractivity contribution in [3.8, 4) is 0 Å². The summed E-state index contributed by atoms with van der Waals surface area (Å²) in [6.45, 7) is 6.59. The molecule has 10 heteroatoms. The number of sulfonamides is 1. The number of nitrogens with one attached hydrogen (secondary N) is 1. The molecule has 2 aliphatic rings. The molecular formula is C21H31FN4O4S. The molecule has 31 heavy (non-hydrogen) atoms. The lowest BCUT2D eigenvalue weighted by Crippen LogP contribution is -2.56. The van der Waals surface area contributed by atoms with E-state index in [1.54, 1.807) is 4.90 Å². The number of rotatable bonds is 6. The number of carbonyl (C=O) groups is 2. The molecule has 2 saturated heterocycles. The zero-order valence-electron chi connectivity index (χ0n) is 18.1. The van der Waals surface area contributed by atoms with E-state index in [1.165, 1.54) is 19.1 Å². The molecule has 1 aromatic rings. The molecule has 0 aromatic heterocycles. The number of likely N-dealkylation sites (tertiary alicyclic amines) is 1. The highest BCUT2D eigenvalue weighted by Gasteiger charge is 2.31. The van der Waals surface area contributed by atoms with E-state index in [4.69, 9.17) is 0 Å². The van der Waals surface area contributed by atoms with Crippen LogP contribution in [0.1, 0.15) is 33.1 Å². The number of hydrogen-bond acceptors (Lipinski definition) is 5. The second-order valence-corrected chi connectivity index (χ2v) is 9.99. The van der Waals surface area contributed by atoms with Gasteiger partial charge in [-0.3, -0.25) is 14.5 Å². The van der Waals surface area contributed by atoms with E-state index in [9.17, 15) is 22.4 Å². The van der Waals surface area contributed by atoms with Gasteiger partial charge in [-0.15, -0.1) is 0 Å². The van der Waals surface area contributed by atoms with Crippen molar-refractivity contribution in [2.45, 2.75) is 50.1 Å². The minimum absolute atomic E-state index is 0.123. The molecule has 1 aromatic carbocycles. The van der Waals surface area contributed by atoms with Crippen molar-refractivity contribution < 1.29 is 22.4 Å². The monoisotopic (exact) mass is 454 g/mol. The van der Waals surface area contributed by atoms with Gasteiger partial charge >= 0.3 is 0 Å². The van der Waals surface area contributed by atoms with Crippen LogP contribution in [0.15, 0.2) is 29.2 Å². The highest BCUT2D eigenvalue weighted by molar-refractivity contribution is 7.89. The molecule has 0 spiro atoms. The third kappa shape index (κ3) is 5.81. The predicted octanol–water partition coefficient (Wildman–Crippen LogP) is 1.04. The number of halogens is 1. The summed E-state index contributed by atoms with van der Waals surface area (Å²) in [5.41, 5.74) is 0. The predicted molar refractivity (Wildman–Crippen MR) is 114 cm³/mol. The molecule has 0 aliphatic carbocycles. The SMILES string of the molecule is CC1CCCCN1C(=O)CN1CCN(C(=O)[C@H](C)NS(=O)(=O)c2ccccc2F)CC1. The highest BCUT2D eigenvalue weighted by Crippen LogP contribution is 2.17. The fraction of sp³-hybridized carbons (Fsp3) is 0.619. The Morgan fingerprint density at radius 3 is 2.45 bits per heavy atom. The second-order valence-electron chi connectivity index (χ2n) is 8.31. The van der Waals surface area contributed by atoms with Crippen molar-refractivity contribution in [1.82, 2.24) is 19.4 Å². The summed E-state index contributed by atoms with van der Waals surface area (Å²) < 4.78 is 41.0. The van der Waals surface area contributed by atoms with Gasteiger partial charge in [0.05, 0.1) is 12.6 Å². The first-order valence-corrected chi connectivity index (χ1v) is 12.2. The first kappa shape index (κ1) is 23.6. The molecular weight excluding hydrogens is 423 g/mol. The van der Waals surface area contributed by atoms with E-state index in [0.29, 0.717) is 32.7 Å². The molecule has 2 aliphatic heterocycles. The van der Waals surface area contributed by atoms with Crippen LogP contribution in [0.5, 0.6) is 0 Å². The maximum atomic E-state index is 13.8. The van der Waals surface area contributed by atoms with Crippen molar-refractivity contribution in [3.63, 3.8) is 0 Å². The number of piperazine rings is 1. The van der Waals surface area contributed by atoms with E-state index < -0.39 is 26.8 Å². The lowest BCUT2D eigenvalue weighted by atomic mass is 10.0. The maximum Gasteiger partial charge on any atom is 0.244 e. The van der Waals surface area contributed by atoms with Gasteiger partial charge in [-0.2, -0.15) is 4.72 Å². The summed E-state index contributed by atoms with van der Waals surface area (Å²) >= 11 is 0. The van der Waals surface area contributed by atoms with Crippen LogP contribution < -0.4 is 4.72 Å². The van der Waals surface area contributed by atoms with Crippen LogP contribution in [0, 0.1) is 5.82 Å². The Hall–Kier alpha value is -2.04. The van der Waals surface area contributed by atoms with E-state index in [0.717, 1.165) is 37.9 Å². The molecule has 8 nitrogen and oxygen atoms in total. The standard InChI is InChI=1S/C21H31FN4O4S/c1-16-7-5-6-10-26(16)20(27)15-24-11-13-25(14-12-24)21(28)17(2)23-31(29,30)19-9-4-3-8-18(19)22/h3-4,8-9,16-17,23H,5-7,10-15H2,1-2H3/t16?,17-/m0/s1. The van der Waals surface area contributed by atoms with Crippen LogP contribution in [-0.4, -0.2) is 86.3 Å². The van der Waals surface area contributed by atoms with Crippen LogP contribution in [0.2, 0.25) is 0 Å². The van der Waals surface area contributed by atoms with E-state index >= 15 is 0 Å². The number of amides is 2. The largest absolute Gasteiger partial charge is 0.339 e. The number of benzene rings is 1. The number of nitrogens with zero attached hydrogens (tertiary/aromatic N) is 3. The van der Waals surface area contributed by atoms with Gasteiger partial charge in [0.15, 0.2) is 0 Å². The fourth-order valence-electron chi connectivity index (χ4n) is 4.16. The van der Waals surface area contributed by atoms with Gasteiger partial charge in [0, 0.05) is 38.8 Å². The summed E-state index contributed by atoms with van der Waals surface area (Å²) in [7, 11) is -4.15. The van der Waals surface area contributed by atoms with Gasteiger partial charge in [0.25, 0.3) is 0 Å². The van der Waals surface area contributed by atoms with Crippen molar-refractivity contribution in [3.05, 3.63) is 30.1 Å². The van der Waals surface area contributed by atoms with Gasteiger partial charge in [-0.25, -0.2) is 12.8 Å². The molecule has 2 fully saturated rings. The van der Waals surface area contributed by atoms with Crippen molar-refractivity contribution in [2.75, 3.05) is 39.3 Å². The molecule has 172 valence electrons. The molecule has 1 unspecified atom stereocenters. The Labute approximate surface area is 183 Å². The summed E-state index contributed by atoms with van der Waals surface area (Å²) in [6.07, 6.45) is 3.23. The minimum atomic E-state index is -4.15. The van der Waals surface area contributed by atoms with Crippen LogP contribution >= 0.6 is 0 Å². The van der Waals surface area contributed by atoms with Gasteiger partial charge in [0.1, 0.15) is 10.7 Å². The number of piperidine rings is 1. The molecule has 2 heterocycles. The van der Waals surface area contributed by atoms with Crippen LogP contribution in [0.25, 0.3) is 0 Å². The normalized spacial score (nSPS) is 21.7. The van der Waals surface area contributed by atoms with Crippen molar-refractivity contribution in [1.29, 1.82) is 0 Å². The summed E-state index contributed by atoms with van der Waals surface area (Å²) in [6, 6.07) is 4.30. The zero-order chi connectivity index (χ0) is 22.6. The maximum absolute atomic E-state index is 13.8. The average molecular weight is 455 g/mol. The van der Waals surface area contributed by atoms with Crippen molar-refractivity contribution >= 4 is 21.8 Å². The zero-order valence-corrected chi connectivity index (χ0v) is 18.9. The quantitative estimate of drug-likeness (QED) is 0.694. The van der Waals surface area contributed by atoms with E-state index in [-0.39, 0.29) is 17.9 Å². The fourth-order valence-corrected chi connectivity index (χ4v) is 5.44. The first-order chi connectivity index (χ1) is 14.7. The Morgan fingerprint density at radius 2 is 1.81 bits per heavy atom. The molecule has 3 rings (SSSR count). The molecule has 2 amide bonds. The van der Waals surface area contributed by atoms with Crippen LogP contribution in [-0.2, 0) is 19.6 Å². The van der Waals surface area contributed by atoms with Crippen LogP contribution in [0.3, 0.4) is 0 Å². The number of carbonyl (C=O) groups excluding carboxylic acids is 2. The Morgan fingerprint density at radius 1 is 1.13 bits per heavy atom. The summed E-state index contributed by atoms with van der Waals surface area (Å²) in [5, 5.41) is 0. The Bertz CT molecular complexity index is 902. The smallest absolute Gasteiger partial charge is 0.244 e. The molecule has 0 radical (unpaired) electrons. The van der Waals surface area contributed by atoms with Gasteiger partial charge in [0.2, 0.25) is 21.8 Å². The minimum Gasteiger partial charge on any atom is -0.339 e. The summed E-state index contributed by atoms with van der Waals surface area (Å²) in [4.78, 5) is 30.4. The number of hydrogen-bond donors (Lipinski definition) is 1. The molecule has 2 atom stereocenters. The molecule has 1 N–H and O–H groups in total. The van der Waals surface area contributed by atoms with Crippen LogP contribution in [0.4, 0.5) is 4.39 Å². The summed E-state index contributed by atoms with van der Waals surface area (Å²) in [5.74, 6) is -1.11. The van der Waals surface area contributed by atoms with Gasteiger partial charge in [-0.05, 0) is 45.2 Å². The second kappa shape index (κ2) is 10.1. The topological polar surface area (TPSA) is 90.0 Å². The third-order valence-electron chi connectivity index (χ3n) is 5.99. The van der Waals surface area contributed by atoms with E-state index in [2.05, 4.69) is 11.6 Å². The van der Waals surface area contributed by atoms with E-state index in [1.807, 2.05) is 9.80 Å². The Balaban J connectivity index is 1.50. The van der Waals surface area contributed by atoms with Gasteiger partial charge < -0.3 is 9.80 Å². The Kier molecular flexibility index (Phi) is 7.66. The first-order valence-electron chi connectivity index (χ1n) is 10.8. The lowest BCUT2D eigenvalue weighted by molar-refractivity contribution is -0.137. The van der Waals surface area contributed by atoms with Crippen molar-refractivity contribution in [2.24, 2.45) is 0 Å². The molecule has 0 saturated carbocycles. The molecule has 0 bridgehead atoms. The lowest BCUT2D eigenvalue weighted by Gasteiger charge is -2.38. The highest BCUT2D eigenvalue weighted by atomic mass is 32.2. The van der Waals surface area contributed by atoms with Gasteiger partial charge in [-0.1, -0.05) is 12.1 Å². The third-order valence-corrected chi connectivity index (χ3v) is 7.57.